The van der Waals surface area contributed by atoms with Gasteiger partial charge >= 0.3 is 154 Å². The summed E-state index contributed by atoms with van der Waals surface area (Å²) < 4.78 is 31.8. The van der Waals surface area contributed by atoms with Crippen LogP contribution in [0.4, 0.5) is 0 Å². The first-order valence-corrected chi connectivity index (χ1v) is 5.16. The van der Waals surface area contributed by atoms with Crippen LogP contribution < -0.4 is 164 Å². The fourth-order valence-electron chi connectivity index (χ4n) is 0.979. The summed E-state index contributed by atoms with van der Waals surface area (Å²) in [6.07, 6.45) is 0. The molecule has 0 heterocycles. The van der Waals surface area contributed by atoms with Gasteiger partial charge in [0.15, 0.2) is 0 Å². The first-order chi connectivity index (χ1) is 7.21. The number of hydrogen-bond donors (Lipinski definition) is 0. The quantitative estimate of drug-likeness (QED) is 0.385. The number of rotatable bonds is 3. The Kier molecular flexibility index (Phi) is 16.3. The zero-order valence-corrected chi connectivity index (χ0v) is 20.7. The van der Waals surface area contributed by atoms with Crippen LogP contribution in [0.5, 0.6) is 0 Å². The van der Waals surface area contributed by atoms with E-state index in [1.165, 1.54) is 0 Å². The molecule has 1 aromatic rings. The Balaban J connectivity index is -0.000000853. The molecule has 0 bridgehead atoms. The summed E-state index contributed by atoms with van der Waals surface area (Å²) >= 11 is 0. The Morgan fingerprint density at radius 1 is 0.842 bits per heavy atom. The van der Waals surface area contributed by atoms with Crippen LogP contribution in [0.3, 0.4) is 0 Å². The second-order valence-electron chi connectivity index (χ2n) is 2.78. The van der Waals surface area contributed by atoms with Gasteiger partial charge in [-0.05, 0) is 29.3 Å². The van der Waals surface area contributed by atoms with E-state index < -0.39 is 38.1 Å². The Morgan fingerprint density at radius 2 is 1.16 bits per heavy atom. The smallest absolute Gasteiger partial charge is 0.744 e. The van der Waals surface area contributed by atoms with Crippen LogP contribution in [0.2, 0.25) is 0 Å². The maximum absolute atomic E-state index is 10.6. The van der Waals surface area contributed by atoms with E-state index in [-0.39, 0.29) is 154 Å². The molecule has 0 unspecified atom stereocenters. The summed E-state index contributed by atoms with van der Waals surface area (Å²) in [5.41, 5.74) is -1.45. The zero-order valence-electron chi connectivity index (χ0n) is 10.5. The van der Waals surface area contributed by atoms with E-state index in [2.05, 4.69) is 0 Å². The van der Waals surface area contributed by atoms with Gasteiger partial charge in [-0.25, -0.2) is 8.42 Å². The van der Waals surface area contributed by atoms with Crippen LogP contribution in [-0.2, 0) is 10.1 Å². The molecule has 11 heteroatoms. The van der Waals surface area contributed by atoms with E-state index in [1.807, 2.05) is 0 Å². The van der Waals surface area contributed by atoms with Crippen molar-refractivity contribution >= 4 is 22.1 Å². The molecule has 0 amide bonds. The van der Waals surface area contributed by atoms with Gasteiger partial charge in [0.1, 0.15) is 10.1 Å². The summed E-state index contributed by atoms with van der Waals surface area (Å²) in [6, 6.07) is 1.67. The van der Waals surface area contributed by atoms with Gasteiger partial charge in [-0.3, -0.25) is 0 Å². The number of carbonyl (C=O) groups is 2. The van der Waals surface area contributed by atoms with Gasteiger partial charge in [-0.15, -0.1) is 0 Å². The van der Waals surface area contributed by atoms with Gasteiger partial charge in [-0.2, -0.15) is 0 Å². The van der Waals surface area contributed by atoms with Crippen LogP contribution in [-0.4, -0.2) is 24.9 Å². The number of hydrogen-bond acceptors (Lipinski definition) is 7. The van der Waals surface area contributed by atoms with Crippen molar-refractivity contribution in [3.8, 4) is 0 Å². The van der Waals surface area contributed by atoms with Gasteiger partial charge in [0.05, 0.1) is 16.8 Å². The standard InChI is InChI=1S/C8H6O7S.3K/c9-7(10)4-1-5(8(11)12)3-6(2-4)16(13,14)15;;;/h1-3H,(H,9,10)(H,11,12)(H,13,14,15);;;/q;3*+1/p-3. The van der Waals surface area contributed by atoms with E-state index in [9.17, 15) is 32.8 Å². The largest absolute Gasteiger partial charge is 1.00 e. The van der Waals surface area contributed by atoms with Crippen molar-refractivity contribution < 1.29 is 187 Å². The number of carboxylic acid groups (broad SMARTS) is 2. The second-order valence-corrected chi connectivity index (χ2v) is 4.15. The Labute approximate surface area is 236 Å². The molecule has 0 aliphatic carbocycles. The molecular formula is C8H3K3O7S. The topological polar surface area (TPSA) is 137 Å². The number of carbonyl (C=O) groups excluding carboxylic acids is 2. The Bertz CT molecular complexity index is 537. The van der Waals surface area contributed by atoms with Crippen molar-refractivity contribution in [2.75, 3.05) is 0 Å². The van der Waals surface area contributed by atoms with E-state index in [0.717, 1.165) is 0 Å². The van der Waals surface area contributed by atoms with Crippen LogP contribution in [0, 0.1) is 0 Å². The third kappa shape index (κ3) is 9.00. The van der Waals surface area contributed by atoms with Gasteiger partial charge in [0, 0.05) is 0 Å². The van der Waals surface area contributed by atoms with Gasteiger partial charge in [0.25, 0.3) is 0 Å². The average molecular weight is 360 g/mol. The van der Waals surface area contributed by atoms with Crippen molar-refractivity contribution in [2.24, 2.45) is 0 Å². The molecule has 1 rings (SSSR count). The van der Waals surface area contributed by atoms with E-state index in [1.54, 1.807) is 0 Å². The van der Waals surface area contributed by atoms with Gasteiger partial charge in [-0.1, -0.05) is 0 Å². The fourth-order valence-corrected chi connectivity index (χ4v) is 1.52. The normalized spacial score (nSPS) is 9.32. The minimum absolute atomic E-state index is 0. The van der Waals surface area contributed by atoms with E-state index >= 15 is 0 Å². The zero-order chi connectivity index (χ0) is 12.5. The molecule has 1 aromatic carbocycles. The molecule has 7 nitrogen and oxygen atoms in total. The summed E-state index contributed by atoms with van der Waals surface area (Å²) in [5, 5.41) is 20.9. The predicted molar refractivity (Wildman–Crippen MR) is 43.1 cm³/mol. The van der Waals surface area contributed by atoms with Gasteiger partial charge < -0.3 is 24.4 Å². The molecule has 0 saturated heterocycles. The van der Waals surface area contributed by atoms with E-state index in [0.29, 0.717) is 18.2 Å². The van der Waals surface area contributed by atoms with Crippen molar-refractivity contribution in [1.82, 2.24) is 0 Å². The van der Waals surface area contributed by atoms with Crippen LogP contribution >= 0.6 is 0 Å². The third-order valence-electron chi connectivity index (χ3n) is 1.67. The first kappa shape index (κ1) is 26.9. The summed E-state index contributed by atoms with van der Waals surface area (Å²) in [4.78, 5) is 19.9. The maximum Gasteiger partial charge on any atom is 1.00 e. The molecular weight excluding hydrogens is 357 g/mol. The van der Waals surface area contributed by atoms with Crippen molar-refractivity contribution in [1.29, 1.82) is 0 Å². The molecule has 86 valence electrons. The number of benzene rings is 1. The van der Waals surface area contributed by atoms with Crippen molar-refractivity contribution in [2.45, 2.75) is 4.90 Å². The second kappa shape index (κ2) is 11.5. The molecule has 19 heavy (non-hydrogen) atoms. The molecule has 0 aromatic heterocycles. The number of aromatic carboxylic acids is 2. The maximum atomic E-state index is 10.6. The van der Waals surface area contributed by atoms with Crippen LogP contribution in [0.15, 0.2) is 23.1 Å². The minimum atomic E-state index is -4.95. The predicted octanol–water partition coefficient (Wildman–Crippen LogP) is -11.7. The SMILES string of the molecule is O=C([O-])c1cc(C(=O)[O-])cc(S(=O)(=O)[O-])c1.[K+].[K+].[K+]. The molecule has 0 saturated carbocycles. The minimum Gasteiger partial charge on any atom is -0.744 e. The Hall–Kier alpha value is 2.98. The molecule has 0 radical (unpaired) electrons. The summed E-state index contributed by atoms with van der Waals surface area (Å²) in [7, 11) is -4.95. The molecule has 0 aliphatic rings. The van der Waals surface area contributed by atoms with Crippen molar-refractivity contribution in [3.63, 3.8) is 0 Å². The number of carboxylic acids is 2. The molecule has 0 atom stereocenters. The molecule has 0 spiro atoms. The summed E-state index contributed by atoms with van der Waals surface area (Å²) in [5.74, 6) is -3.60. The Morgan fingerprint density at radius 3 is 1.37 bits per heavy atom. The third-order valence-corrected chi connectivity index (χ3v) is 2.48. The van der Waals surface area contributed by atoms with Gasteiger partial charge in [0.2, 0.25) is 0 Å². The summed E-state index contributed by atoms with van der Waals surface area (Å²) in [6.45, 7) is 0. The fraction of sp³-hybridized carbons (Fsp3) is 0. The first-order valence-electron chi connectivity index (χ1n) is 3.75. The molecule has 0 N–H and O–H groups in total. The average Bonchev–Trinajstić information content (AvgIpc) is 2.15. The monoisotopic (exact) mass is 360 g/mol. The molecule has 0 fully saturated rings. The van der Waals surface area contributed by atoms with Crippen LogP contribution in [0.1, 0.15) is 20.7 Å². The van der Waals surface area contributed by atoms with Crippen LogP contribution in [0.25, 0.3) is 0 Å². The van der Waals surface area contributed by atoms with Crippen molar-refractivity contribution in [3.05, 3.63) is 29.3 Å². The molecule has 0 aliphatic heterocycles. The van der Waals surface area contributed by atoms with E-state index in [4.69, 9.17) is 0 Å².